The quantitative estimate of drug-likeness (QED) is 0.918. The molecule has 1 aromatic carbocycles. The molecule has 116 valence electrons. The Morgan fingerprint density at radius 2 is 1.65 bits per heavy atom. The van der Waals surface area contributed by atoms with Crippen molar-refractivity contribution < 1.29 is 0 Å². The van der Waals surface area contributed by atoms with Gasteiger partial charge in [0.15, 0.2) is 0 Å². The van der Waals surface area contributed by atoms with Gasteiger partial charge in [0.25, 0.3) is 0 Å². The van der Waals surface area contributed by atoms with Crippen molar-refractivity contribution in [3.8, 4) is 0 Å². The predicted molar refractivity (Wildman–Crippen MR) is 92.9 cm³/mol. The molecule has 0 unspecified atom stereocenters. The van der Waals surface area contributed by atoms with Crippen molar-refractivity contribution in [2.75, 3.05) is 37.6 Å². The van der Waals surface area contributed by atoms with E-state index in [0.29, 0.717) is 0 Å². The minimum absolute atomic E-state index is 0. The van der Waals surface area contributed by atoms with E-state index in [1.165, 1.54) is 0 Å². The van der Waals surface area contributed by atoms with Gasteiger partial charge in [-0.05, 0) is 26.0 Å². The molecule has 1 heterocycles. The molecule has 0 aliphatic carbocycles. The Hall–Kier alpha value is -0.190. The van der Waals surface area contributed by atoms with Gasteiger partial charge in [0, 0.05) is 38.3 Å². The Kier molecular flexibility index (Phi) is 8.22. The van der Waals surface area contributed by atoms with Gasteiger partial charge in [-0.15, -0.1) is 24.8 Å². The van der Waals surface area contributed by atoms with Crippen molar-refractivity contribution in [2.24, 2.45) is 5.73 Å². The van der Waals surface area contributed by atoms with Gasteiger partial charge in [0.2, 0.25) is 0 Å². The molecule has 0 spiro atoms. The number of hydrogen-bond acceptors (Lipinski definition) is 3. The molecule has 1 aliphatic heterocycles. The Bertz CT molecular complexity index is 399. The zero-order chi connectivity index (χ0) is 13.2. The van der Waals surface area contributed by atoms with Crippen molar-refractivity contribution in [2.45, 2.75) is 19.4 Å². The number of anilines is 1. The Morgan fingerprint density at radius 1 is 1.10 bits per heavy atom. The van der Waals surface area contributed by atoms with Crippen LogP contribution in [0.2, 0.25) is 5.02 Å². The maximum atomic E-state index is 6.23. The molecule has 0 atom stereocenters. The highest BCUT2D eigenvalue weighted by Gasteiger charge is 2.22. The average molecular weight is 341 g/mol. The molecule has 0 bridgehead atoms. The molecule has 1 fully saturated rings. The summed E-state index contributed by atoms with van der Waals surface area (Å²) in [5.41, 5.74) is 7.09. The molecule has 1 aliphatic rings. The van der Waals surface area contributed by atoms with Crippen LogP contribution in [0, 0.1) is 0 Å². The van der Waals surface area contributed by atoms with Gasteiger partial charge in [0.05, 0.1) is 10.7 Å². The summed E-state index contributed by atoms with van der Waals surface area (Å²) in [5.74, 6) is 0. The third kappa shape index (κ3) is 5.66. The molecule has 0 amide bonds. The number of piperazine rings is 1. The van der Waals surface area contributed by atoms with Crippen molar-refractivity contribution in [3.05, 3.63) is 29.3 Å². The van der Waals surface area contributed by atoms with Crippen LogP contribution >= 0.6 is 36.4 Å². The van der Waals surface area contributed by atoms with Crippen LogP contribution in [-0.2, 0) is 0 Å². The first-order valence-electron chi connectivity index (χ1n) is 6.46. The largest absolute Gasteiger partial charge is 0.368 e. The lowest BCUT2D eigenvalue weighted by Gasteiger charge is -2.39. The fourth-order valence-electron chi connectivity index (χ4n) is 2.43. The van der Waals surface area contributed by atoms with Crippen LogP contribution in [0.4, 0.5) is 5.69 Å². The first-order valence-corrected chi connectivity index (χ1v) is 6.84. The van der Waals surface area contributed by atoms with Gasteiger partial charge in [-0.25, -0.2) is 0 Å². The maximum Gasteiger partial charge on any atom is 0.0639 e. The van der Waals surface area contributed by atoms with E-state index in [1.54, 1.807) is 0 Å². The summed E-state index contributed by atoms with van der Waals surface area (Å²) < 4.78 is 0. The number of nitrogens with zero attached hydrogens (tertiary/aromatic N) is 2. The van der Waals surface area contributed by atoms with E-state index in [1.807, 2.05) is 18.2 Å². The Morgan fingerprint density at radius 3 is 2.15 bits per heavy atom. The summed E-state index contributed by atoms with van der Waals surface area (Å²) in [7, 11) is 0. The lowest BCUT2D eigenvalue weighted by molar-refractivity contribution is 0.214. The van der Waals surface area contributed by atoms with Gasteiger partial charge >= 0.3 is 0 Å². The highest BCUT2D eigenvalue weighted by atomic mass is 35.5. The smallest absolute Gasteiger partial charge is 0.0639 e. The molecule has 20 heavy (non-hydrogen) atoms. The highest BCUT2D eigenvalue weighted by molar-refractivity contribution is 6.33. The van der Waals surface area contributed by atoms with Gasteiger partial charge in [0.1, 0.15) is 0 Å². The summed E-state index contributed by atoms with van der Waals surface area (Å²) in [6, 6.07) is 8.05. The lowest BCUT2D eigenvalue weighted by Crippen LogP contribution is -2.53. The first kappa shape index (κ1) is 19.8. The van der Waals surface area contributed by atoms with E-state index >= 15 is 0 Å². The fraction of sp³-hybridized carbons (Fsp3) is 0.571. The standard InChI is InChI=1S/C14H22ClN3.2ClH/c1-14(2,16)11-17-7-9-18(10-8-17)13-6-4-3-5-12(13)15;;/h3-6H,7-11,16H2,1-2H3;2*1H. The van der Waals surface area contributed by atoms with Crippen LogP contribution in [0.25, 0.3) is 0 Å². The van der Waals surface area contributed by atoms with E-state index < -0.39 is 0 Å². The molecule has 0 saturated carbocycles. The van der Waals surface area contributed by atoms with Crippen molar-refractivity contribution >= 4 is 42.1 Å². The molecular weight excluding hydrogens is 317 g/mol. The van der Waals surface area contributed by atoms with Gasteiger partial charge < -0.3 is 10.6 Å². The van der Waals surface area contributed by atoms with Crippen molar-refractivity contribution in [3.63, 3.8) is 0 Å². The number of para-hydroxylation sites is 1. The summed E-state index contributed by atoms with van der Waals surface area (Å²) in [5, 5.41) is 0.838. The molecule has 1 saturated heterocycles. The number of rotatable bonds is 3. The molecule has 3 nitrogen and oxygen atoms in total. The third-order valence-electron chi connectivity index (χ3n) is 3.20. The zero-order valence-corrected chi connectivity index (χ0v) is 14.4. The lowest BCUT2D eigenvalue weighted by atomic mass is 10.1. The van der Waals surface area contributed by atoms with Gasteiger partial charge in [-0.2, -0.15) is 0 Å². The van der Waals surface area contributed by atoms with Crippen LogP contribution in [-0.4, -0.2) is 43.2 Å². The fourth-order valence-corrected chi connectivity index (χ4v) is 2.69. The van der Waals surface area contributed by atoms with E-state index in [2.05, 4.69) is 29.7 Å². The van der Waals surface area contributed by atoms with Crippen LogP contribution < -0.4 is 10.6 Å². The highest BCUT2D eigenvalue weighted by Crippen LogP contribution is 2.26. The normalized spacial score (nSPS) is 16.3. The second-order valence-corrected chi connectivity index (χ2v) is 6.11. The minimum atomic E-state index is -0.118. The summed E-state index contributed by atoms with van der Waals surface area (Å²) in [4.78, 5) is 4.77. The van der Waals surface area contributed by atoms with Gasteiger partial charge in [-0.3, -0.25) is 4.90 Å². The second-order valence-electron chi connectivity index (χ2n) is 5.70. The zero-order valence-electron chi connectivity index (χ0n) is 12.0. The van der Waals surface area contributed by atoms with E-state index in [9.17, 15) is 0 Å². The molecule has 0 radical (unpaired) electrons. The SMILES string of the molecule is CC(C)(N)CN1CCN(c2ccccc2Cl)CC1.Cl.Cl. The molecular formula is C14H24Cl3N3. The first-order chi connectivity index (χ1) is 8.46. The van der Waals surface area contributed by atoms with E-state index in [0.717, 1.165) is 43.4 Å². The third-order valence-corrected chi connectivity index (χ3v) is 3.52. The van der Waals surface area contributed by atoms with Gasteiger partial charge in [-0.1, -0.05) is 23.7 Å². The molecule has 2 N–H and O–H groups in total. The van der Waals surface area contributed by atoms with Crippen LogP contribution in [0.5, 0.6) is 0 Å². The van der Waals surface area contributed by atoms with Crippen LogP contribution in [0.1, 0.15) is 13.8 Å². The number of benzene rings is 1. The molecule has 6 heteroatoms. The molecule has 2 rings (SSSR count). The topological polar surface area (TPSA) is 32.5 Å². The second kappa shape index (κ2) is 8.30. The molecule has 0 aromatic heterocycles. The number of halogens is 3. The van der Waals surface area contributed by atoms with E-state index in [4.69, 9.17) is 17.3 Å². The monoisotopic (exact) mass is 339 g/mol. The molecule has 1 aromatic rings. The number of nitrogens with two attached hydrogens (primary N) is 1. The number of hydrogen-bond donors (Lipinski definition) is 1. The van der Waals surface area contributed by atoms with Crippen LogP contribution in [0.3, 0.4) is 0 Å². The Labute approximate surface area is 139 Å². The average Bonchev–Trinajstić information content (AvgIpc) is 2.29. The summed E-state index contributed by atoms with van der Waals surface area (Å²) >= 11 is 6.23. The maximum absolute atomic E-state index is 6.23. The minimum Gasteiger partial charge on any atom is -0.368 e. The van der Waals surface area contributed by atoms with E-state index in [-0.39, 0.29) is 30.4 Å². The Balaban J connectivity index is 0.00000180. The predicted octanol–water partition coefficient (Wildman–Crippen LogP) is 3.04. The van der Waals surface area contributed by atoms with Crippen LogP contribution in [0.15, 0.2) is 24.3 Å². The van der Waals surface area contributed by atoms with Crippen molar-refractivity contribution in [1.82, 2.24) is 4.90 Å². The van der Waals surface area contributed by atoms with Crippen molar-refractivity contribution in [1.29, 1.82) is 0 Å². The summed E-state index contributed by atoms with van der Waals surface area (Å²) in [6.07, 6.45) is 0. The summed E-state index contributed by atoms with van der Waals surface area (Å²) in [6.45, 7) is 9.22.